The molecule has 0 bridgehead atoms. The molecule has 0 radical (unpaired) electrons. The number of likely N-dealkylation sites (tertiary alicyclic amines) is 1. The van der Waals surface area contributed by atoms with Crippen molar-refractivity contribution >= 4 is 18.0 Å². The Morgan fingerprint density at radius 2 is 1.96 bits per heavy atom. The third-order valence-corrected chi connectivity index (χ3v) is 4.03. The number of amides is 1. The molecule has 122 valence electrons. The predicted molar refractivity (Wildman–Crippen MR) is 90.8 cm³/mol. The average molecular weight is 313 g/mol. The van der Waals surface area contributed by atoms with E-state index in [1.54, 1.807) is 11.0 Å². The van der Waals surface area contributed by atoms with Crippen molar-refractivity contribution in [1.29, 1.82) is 0 Å². The van der Waals surface area contributed by atoms with Gasteiger partial charge < -0.3 is 9.64 Å². The van der Waals surface area contributed by atoms with Gasteiger partial charge in [-0.05, 0) is 31.1 Å². The van der Waals surface area contributed by atoms with Crippen LogP contribution in [0.25, 0.3) is 6.08 Å². The van der Waals surface area contributed by atoms with Gasteiger partial charge in [0.1, 0.15) is 6.10 Å². The van der Waals surface area contributed by atoms with Gasteiger partial charge in [0.15, 0.2) is 0 Å². The molecule has 0 atom stereocenters. The first-order valence-corrected chi connectivity index (χ1v) is 7.87. The lowest BCUT2D eigenvalue weighted by molar-refractivity contribution is -0.145. The molecule has 1 aliphatic rings. The highest BCUT2D eigenvalue weighted by atomic mass is 16.5. The summed E-state index contributed by atoms with van der Waals surface area (Å²) in [4.78, 5) is 25.2. The van der Waals surface area contributed by atoms with Crippen LogP contribution in [0.3, 0.4) is 0 Å². The molecule has 1 fully saturated rings. The number of ether oxygens (including phenoxy) is 1. The first kappa shape index (κ1) is 17.0. The Morgan fingerprint density at radius 1 is 1.26 bits per heavy atom. The summed E-state index contributed by atoms with van der Waals surface area (Å²) in [6, 6.07) is 6.16. The number of aryl methyl sites for hydroxylation is 2. The molecule has 0 unspecified atom stereocenters. The molecule has 1 aromatic carbocycles. The van der Waals surface area contributed by atoms with Crippen LogP contribution in [0.5, 0.6) is 0 Å². The van der Waals surface area contributed by atoms with E-state index >= 15 is 0 Å². The van der Waals surface area contributed by atoms with Gasteiger partial charge in [-0.15, -0.1) is 0 Å². The zero-order valence-electron chi connectivity index (χ0n) is 13.7. The normalized spacial score (nSPS) is 15.7. The number of piperidine rings is 1. The first-order chi connectivity index (χ1) is 11.0. The highest BCUT2D eigenvalue weighted by Crippen LogP contribution is 2.16. The monoisotopic (exact) mass is 313 g/mol. The zero-order chi connectivity index (χ0) is 16.8. The summed E-state index contributed by atoms with van der Waals surface area (Å²) in [5, 5.41) is 0. The van der Waals surface area contributed by atoms with Crippen LogP contribution < -0.4 is 0 Å². The van der Waals surface area contributed by atoms with Crippen LogP contribution in [0.15, 0.2) is 36.9 Å². The summed E-state index contributed by atoms with van der Waals surface area (Å²) in [6.45, 7) is 8.68. The molecular weight excluding hydrogens is 290 g/mol. The van der Waals surface area contributed by atoms with Crippen LogP contribution in [0, 0.1) is 13.8 Å². The molecule has 0 aliphatic carbocycles. The first-order valence-electron chi connectivity index (χ1n) is 7.87. The molecule has 1 heterocycles. The predicted octanol–water partition coefficient (Wildman–Crippen LogP) is 3.04. The van der Waals surface area contributed by atoms with E-state index in [1.165, 1.54) is 11.6 Å². The van der Waals surface area contributed by atoms with Crippen LogP contribution in [0.4, 0.5) is 0 Å². The number of hydrogen-bond acceptors (Lipinski definition) is 3. The van der Waals surface area contributed by atoms with Gasteiger partial charge in [-0.2, -0.15) is 0 Å². The SMILES string of the molecule is C=CC(=O)OC1CCN(C(=O)/C=C/c2ccc(C)cc2C)CC1. The lowest BCUT2D eigenvalue weighted by Crippen LogP contribution is -2.40. The quantitative estimate of drug-likeness (QED) is 0.634. The van der Waals surface area contributed by atoms with Gasteiger partial charge in [0.25, 0.3) is 0 Å². The van der Waals surface area contributed by atoms with Crippen molar-refractivity contribution in [3.8, 4) is 0 Å². The van der Waals surface area contributed by atoms with E-state index in [1.807, 2.05) is 25.1 Å². The highest BCUT2D eigenvalue weighted by Gasteiger charge is 2.23. The molecule has 23 heavy (non-hydrogen) atoms. The molecule has 4 nitrogen and oxygen atoms in total. The second-order valence-corrected chi connectivity index (χ2v) is 5.86. The van der Waals surface area contributed by atoms with E-state index < -0.39 is 5.97 Å². The van der Waals surface area contributed by atoms with Crippen molar-refractivity contribution in [1.82, 2.24) is 4.90 Å². The fourth-order valence-corrected chi connectivity index (χ4v) is 2.69. The molecule has 1 saturated heterocycles. The minimum absolute atomic E-state index is 0.00141. The van der Waals surface area contributed by atoms with Gasteiger partial charge in [0, 0.05) is 38.1 Å². The van der Waals surface area contributed by atoms with E-state index in [-0.39, 0.29) is 12.0 Å². The average Bonchev–Trinajstić information content (AvgIpc) is 2.54. The maximum Gasteiger partial charge on any atom is 0.330 e. The van der Waals surface area contributed by atoms with Crippen LogP contribution >= 0.6 is 0 Å². The van der Waals surface area contributed by atoms with E-state index in [2.05, 4.69) is 19.6 Å². The molecule has 0 aromatic heterocycles. The third-order valence-electron chi connectivity index (χ3n) is 4.03. The topological polar surface area (TPSA) is 46.6 Å². The number of benzene rings is 1. The maximum atomic E-state index is 12.2. The molecule has 1 aromatic rings. The third kappa shape index (κ3) is 4.81. The largest absolute Gasteiger partial charge is 0.459 e. The molecule has 2 rings (SSSR count). The Balaban J connectivity index is 1.88. The van der Waals surface area contributed by atoms with Crippen LogP contribution in [-0.2, 0) is 14.3 Å². The zero-order valence-corrected chi connectivity index (χ0v) is 13.7. The summed E-state index contributed by atoms with van der Waals surface area (Å²) in [6.07, 6.45) is 5.87. The second-order valence-electron chi connectivity index (χ2n) is 5.86. The van der Waals surface area contributed by atoms with E-state index in [0.717, 1.165) is 11.1 Å². The van der Waals surface area contributed by atoms with Crippen molar-refractivity contribution in [3.63, 3.8) is 0 Å². The number of rotatable bonds is 4. The second kappa shape index (κ2) is 7.77. The van der Waals surface area contributed by atoms with Crippen LogP contribution in [-0.4, -0.2) is 36.0 Å². The van der Waals surface area contributed by atoms with Crippen LogP contribution in [0.2, 0.25) is 0 Å². The van der Waals surface area contributed by atoms with Gasteiger partial charge >= 0.3 is 5.97 Å². The maximum absolute atomic E-state index is 12.2. The molecule has 0 saturated carbocycles. The smallest absolute Gasteiger partial charge is 0.330 e. The summed E-state index contributed by atoms with van der Waals surface area (Å²) in [5.41, 5.74) is 3.42. The summed E-state index contributed by atoms with van der Waals surface area (Å²) in [5.74, 6) is -0.400. The van der Waals surface area contributed by atoms with Gasteiger partial charge in [-0.25, -0.2) is 4.79 Å². The van der Waals surface area contributed by atoms with Crippen molar-refractivity contribution in [2.24, 2.45) is 0 Å². The number of esters is 1. The van der Waals surface area contributed by atoms with Crippen molar-refractivity contribution in [2.75, 3.05) is 13.1 Å². The van der Waals surface area contributed by atoms with Gasteiger partial charge in [0.05, 0.1) is 0 Å². The Kier molecular flexibility index (Phi) is 5.74. The van der Waals surface area contributed by atoms with Gasteiger partial charge in [-0.3, -0.25) is 4.79 Å². The molecule has 0 spiro atoms. The van der Waals surface area contributed by atoms with E-state index in [0.29, 0.717) is 25.9 Å². The van der Waals surface area contributed by atoms with E-state index in [9.17, 15) is 9.59 Å². The summed E-state index contributed by atoms with van der Waals surface area (Å²) < 4.78 is 5.21. The fraction of sp³-hybridized carbons (Fsp3) is 0.368. The highest BCUT2D eigenvalue weighted by molar-refractivity contribution is 5.92. The minimum atomic E-state index is -0.399. The Morgan fingerprint density at radius 3 is 2.57 bits per heavy atom. The number of carbonyl (C=O) groups is 2. The fourth-order valence-electron chi connectivity index (χ4n) is 2.69. The minimum Gasteiger partial charge on any atom is -0.459 e. The van der Waals surface area contributed by atoms with Gasteiger partial charge in [-0.1, -0.05) is 30.3 Å². The van der Waals surface area contributed by atoms with Crippen molar-refractivity contribution in [3.05, 3.63) is 53.6 Å². The lowest BCUT2D eigenvalue weighted by atomic mass is 10.0. The molecule has 1 aliphatic heterocycles. The Labute approximate surface area is 137 Å². The number of hydrogen-bond donors (Lipinski definition) is 0. The number of nitrogens with zero attached hydrogens (tertiary/aromatic N) is 1. The van der Waals surface area contributed by atoms with Crippen LogP contribution in [0.1, 0.15) is 29.5 Å². The molecule has 4 heteroatoms. The Hall–Kier alpha value is -2.36. The summed E-state index contributed by atoms with van der Waals surface area (Å²) >= 11 is 0. The molecular formula is C19H23NO3. The Bertz CT molecular complexity index is 626. The van der Waals surface area contributed by atoms with Crippen molar-refractivity contribution in [2.45, 2.75) is 32.8 Å². The van der Waals surface area contributed by atoms with E-state index in [4.69, 9.17) is 4.74 Å². The molecule has 1 amide bonds. The standard InChI is InChI=1S/C19H23NO3/c1-4-19(22)23-17-9-11-20(12-10-17)18(21)8-7-16-6-5-14(2)13-15(16)3/h4-8,13,17H,1,9-12H2,2-3H3/b8-7+. The summed E-state index contributed by atoms with van der Waals surface area (Å²) in [7, 11) is 0. The lowest BCUT2D eigenvalue weighted by Gasteiger charge is -2.30. The van der Waals surface area contributed by atoms with Gasteiger partial charge in [0.2, 0.25) is 5.91 Å². The number of carbonyl (C=O) groups excluding carboxylic acids is 2. The van der Waals surface area contributed by atoms with Crippen molar-refractivity contribution < 1.29 is 14.3 Å². The molecule has 0 N–H and O–H groups in total.